The molecule has 1 saturated heterocycles. The SMILES string of the molecule is Cc1ccc(CN2CCCC(CN)C2)c(C)c1.Cl. The van der Waals surface area contributed by atoms with Gasteiger partial charge in [-0.2, -0.15) is 0 Å². The van der Waals surface area contributed by atoms with Gasteiger partial charge in [0.1, 0.15) is 0 Å². The first kappa shape index (κ1) is 15.5. The van der Waals surface area contributed by atoms with Gasteiger partial charge in [-0.1, -0.05) is 23.8 Å². The first-order chi connectivity index (χ1) is 8.19. The molecule has 18 heavy (non-hydrogen) atoms. The Balaban J connectivity index is 0.00000162. The molecule has 2 N–H and O–H groups in total. The van der Waals surface area contributed by atoms with Gasteiger partial charge in [0.15, 0.2) is 0 Å². The summed E-state index contributed by atoms with van der Waals surface area (Å²) in [6, 6.07) is 6.77. The molecule has 1 aliphatic rings. The molecule has 0 radical (unpaired) electrons. The molecule has 0 aromatic heterocycles. The Kier molecular flexibility index (Phi) is 6.13. The summed E-state index contributed by atoms with van der Waals surface area (Å²) < 4.78 is 0. The molecule has 0 aliphatic carbocycles. The Labute approximate surface area is 117 Å². The van der Waals surface area contributed by atoms with E-state index in [-0.39, 0.29) is 12.4 Å². The molecule has 3 heteroatoms. The second-order valence-electron chi connectivity index (χ2n) is 5.41. The Morgan fingerprint density at radius 1 is 1.33 bits per heavy atom. The molecule has 1 aliphatic heterocycles. The van der Waals surface area contributed by atoms with Crippen molar-refractivity contribution in [2.45, 2.75) is 33.2 Å². The molecule has 102 valence electrons. The molecule has 1 fully saturated rings. The zero-order valence-electron chi connectivity index (χ0n) is 11.5. The summed E-state index contributed by atoms with van der Waals surface area (Å²) in [5.74, 6) is 0.703. The molecular formula is C15H25ClN2. The highest BCUT2D eigenvalue weighted by Gasteiger charge is 2.18. The highest BCUT2D eigenvalue weighted by atomic mass is 35.5. The van der Waals surface area contributed by atoms with Crippen LogP contribution < -0.4 is 5.73 Å². The number of hydrogen-bond donors (Lipinski definition) is 1. The van der Waals surface area contributed by atoms with Crippen LogP contribution in [0.15, 0.2) is 18.2 Å². The first-order valence-corrected chi connectivity index (χ1v) is 6.67. The van der Waals surface area contributed by atoms with E-state index in [4.69, 9.17) is 5.73 Å². The van der Waals surface area contributed by atoms with Crippen LogP contribution in [0.25, 0.3) is 0 Å². The maximum Gasteiger partial charge on any atom is 0.0236 e. The van der Waals surface area contributed by atoms with Gasteiger partial charge in [0.25, 0.3) is 0 Å². The lowest BCUT2D eigenvalue weighted by Gasteiger charge is -2.32. The number of hydrogen-bond acceptors (Lipinski definition) is 2. The van der Waals surface area contributed by atoms with E-state index in [9.17, 15) is 0 Å². The van der Waals surface area contributed by atoms with Crippen molar-refractivity contribution in [3.8, 4) is 0 Å². The summed E-state index contributed by atoms with van der Waals surface area (Å²) in [5.41, 5.74) is 10.0. The molecule has 0 spiro atoms. The molecule has 0 bridgehead atoms. The van der Waals surface area contributed by atoms with Gasteiger partial charge in [-0.15, -0.1) is 12.4 Å². The standard InChI is InChI=1S/C15H24N2.ClH/c1-12-5-6-15(13(2)8-12)11-17-7-3-4-14(9-16)10-17;/h5-6,8,14H,3-4,7,9-11,16H2,1-2H3;1H. The monoisotopic (exact) mass is 268 g/mol. The molecule has 1 atom stereocenters. The number of likely N-dealkylation sites (tertiary alicyclic amines) is 1. The minimum atomic E-state index is 0. The Morgan fingerprint density at radius 2 is 2.11 bits per heavy atom. The fourth-order valence-electron chi connectivity index (χ4n) is 2.75. The van der Waals surface area contributed by atoms with Gasteiger partial charge in [0, 0.05) is 13.1 Å². The van der Waals surface area contributed by atoms with Gasteiger partial charge in [0.05, 0.1) is 0 Å². The number of halogens is 1. The highest BCUT2D eigenvalue weighted by molar-refractivity contribution is 5.85. The van der Waals surface area contributed by atoms with Crippen molar-refractivity contribution in [3.05, 3.63) is 34.9 Å². The normalized spacial score (nSPS) is 20.5. The third-order valence-electron chi connectivity index (χ3n) is 3.83. The molecule has 1 aromatic carbocycles. The highest BCUT2D eigenvalue weighted by Crippen LogP contribution is 2.19. The molecule has 1 heterocycles. The van der Waals surface area contributed by atoms with Crippen LogP contribution in [0.4, 0.5) is 0 Å². The predicted octanol–water partition coefficient (Wildman–Crippen LogP) is 2.90. The lowest BCUT2D eigenvalue weighted by Crippen LogP contribution is -2.37. The van der Waals surface area contributed by atoms with E-state index in [1.807, 2.05) is 0 Å². The average Bonchev–Trinajstić information content (AvgIpc) is 2.33. The van der Waals surface area contributed by atoms with Crippen LogP contribution in [0.3, 0.4) is 0 Å². The second-order valence-corrected chi connectivity index (χ2v) is 5.41. The van der Waals surface area contributed by atoms with Crippen LogP contribution in [0.5, 0.6) is 0 Å². The minimum absolute atomic E-state index is 0. The molecule has 0 amide bonds. The molecule has 2 nitrogen and oxygen atoms in total. The summed E-state index contributed by atoms with van der Waals surface area (Å²) in [6.45, 7) is 8.69. The molecular weight excluding hydrogens is 244 g/mol. The summed E-state index contributed by atoms with van der Waals surface area (Å²) >= 11 is 0. The zero-order chi connectivity index (χ0) is 12.3. The zero-order valence-corrected chi connectivity index (χ0v) is 12.3. The molecule has 1 unspecified atom stereocenters. The number of piperidine rings is 1. The fraction of sp³-hybridized carbons (Fsp3) is 0.600. The van der Waals surface area contributed by atoms with E-state index >= 15 is 0 Å². The lowest BCUT2D eigenvalue weighted by atomic mass is 9.97. The lowest BCUT2D eigenvalue weighted by molar-refractivity contribution is 0.171. The minimum Gasteiger partial charge on any atom is -0.330 e. The van der Waals surface area contributed by atoms with Gasteiger partial charge < -0.3 is 5.73 Å². The Hall–Kier alpha value is -0.570. The second kappa shape index (κ2) is 7.13. The average molecular weight is 269 g/mol. The number of rotatable bonds is 3. The van der Waals surface area contributed by atoms with E-state index in [2.05, 4.69) is 36.9 Å². The van der Waals surface area contributed by atoms with Gasteiger partial charge in [0.2, 0.25) is 0 Å². The van der Waals surface area contributed by atoms with Crippen LogP contribution in [-0.4, -0.2) is 24.5 Å². The van der Waals surface area contributed by atoms with Crippen LogP contribution >= 0.6 is 12.4 Å². The van der Waals surface area contributed by atoms with Crippen molar-refractivity contribution in [1.82, 2.24) is 4.90 Å². The molecule has 0 saturated carbocycles. The van der Waals surface area contributed by atoms with E-state index in [1.165, 1.54) is 42.6 Å². The summed E-state index contributed by atoms with van der Waals surface area (Å²) in [5, 5.41) is 0. The van der Waals surface area contributed by atoms with Crippen molar-refractivity contribution in [2.24, 2.45) is 11.7 Å². The van der Waals surface area contributed by atoms with Crippen molar-refractivity contribution >= 4 is 12.4 Å². The number of aryl methyl sites for hydroxylation is 2. The predicted molar refractivity (Wildman–Crippen MR) is 80.2 cm³/mol. The third kappa shape index (κ3) is 3.98. The van der Waals surface area contributed by atoms with E-state index in [1.54, 1.807) is 0 Å². The quantitative estimate of drug-likeness (QED) is 0.913. The molecule has 1 aromatic rings. The first-order valence-electron chi connectivity index (χ1n) is 6.67. The summed E-state index contributed by atoms with van der Waals surface area (Å²) in [6.07, 6.45) is 2.60. The largest absolute Gasteiger partial charge is 0.330 e. The fourth-order valence-corrected chi connectivity index (χ4v) is 2.75. The van der Waals surface area contributed by atoms with E-state index in [0.717, 1.165) is 13.1 Å². The summed E-state index contributed by atoms with van der Waals surface area (Å²) in [4.78, 5) is 2.55. The van der Waals surface area contributed by atoms with Crippen molar-refractivity contribution in [3.63, 3.8) is 0 Å². The maximum absolute atomic E-state index is 5.78. The van der Waals surface area contributed by atoms with E-state index < -0.39 is 0 Å². The number of nitrogens with zero attached hydrogens (tertiary/aromatic N) is 1. The maximum atomic E-state index is 5.78. The topological polar surface area (TPSA) is 29.3 Å². The van der Waals surface area contributed by atoms with Crippen molar-refractivity contribution in [1.29, 1.82) is 0 Å². The van der Waals surface area contributed by atoms with Crippen LogP contribution in [-0.2, 0) is 6.54 Å². The van der Waals surface area contributed by atoms with Crippen LogP contribution in [0, 0.1) is 19.8 Å². The number of nitrogens with two attached hydrogens (primary N) is 1. The summed E-state index contributed by atoms with van der Waals surface area (Å²) in [7, 11) is 0. The Bertz CT molecular complexity index is 379. The van der Waals surface area contributed by atoms with Gasteiger partial charge in [-0.3, -0.25) is 4.90 Å². The third-order valence-corrected chi connectivity index (χ3v) is 3.83. The van der Waals surface area contributed by atoms with Crippen molar-refractivity contribution < 1.29 is 0 Å². The smallest absolute Gasteiger partial charge is 0.0236 e. The number of benzene rings is 1. The van der Waals surface area contributed by atoms with Crippen LogP contribution in [0.1, 0.15) is 29.5 Å². The van der Waals surface area contributed by atoms with E-state index in [0.29, 0.717) is 5.92 Å². The van der Waals surface area contributed by atoms with Crippen molar-refractivity contribution in [2.75, 3.05) is 19.6 Å². The van der Waals surface area contributed by atoms with Gasteiger partial charge >= 0.3 is 0 Å². The van der Waals surface area contributed by atoms with Crippen LogP contribution in [0.2, 0.25) is 0 Å². The van der Waals surface area contributed by atoms with Gasteiger partial charge in [-0.25, -0.2) is 0 Å². The molecule has 2 rings (SSSR count). The Morgan fingerprint density at radius 3 is 2.78 bits per heavy atom. The van der Waals surface area contributed by atoms with Gasteiger partial charge in [-0.05, 0) is 56.8 Å².